The van der Waals surface area contributed by atoms with Gasteiger partial charge in [0, 0.05) is 13.2 Å². The van der Waals surface area contributed by atoms with E-state index in [0.717, 1.165) is 30.0 Å². The first kappa shape index (κ1) is 27.9. The van der Waals surface area contributed by atoms with Crippen molar-refractivity contribution in [3.63, 3.8) is 0 Å². The Labute approximate surface area is 216 Å². The Morgan fingerprint density at radius 1 is 1.16 bits per heavy atom. The number of ether oxygens (including phenoxy) is 3. The molecule has 2 N–H and O–H groups in total. The van der Waals surface area contributed by atoms with Crippen LogP contribution in [0.4, 0.5) is 5.69 Å². The van der Waals surface area contributed by atoms with E-state index in [-0.39, 0.29) is 18.6 Å². The van der Waals surface area contributed by atoms with Crippen LogP contribution >= 0.6 is 0 Å². The number of sulfonamides is 1. The van der Waals surface area contributed by atoms with E-state index in [4.69, 9.17) is 14.2 Å². The summed E-state index contributed by atoms with van der Waals surface area (Å²) in [4.78, 5) is 24.6. The van der Waals surface area contributed by atoms with Crippen LogP contribution in [0.2, 0.25) is 0 Å². The molecule has 1 aliphatic heterocycles. The Balaban J connectivity index is 1.50. The Kier molecular flexibility index (Phi) is 9.86. The van der Waals surface area contributed by atoms with Crippen molar-refractivity contribution < 1.29 is 32.2 Å². The van der Waals surface area contributed by atoms with Crippen molar-refractivity contribution in [3.05, 3.63) is 54.1 Å². The second-order valence-electron chi connectivity index (χ2n) is 8.46. The number of hydrogen-bond acceptors (Lipinski definition) is 8. The van der Waals surface area contributed by atoms with Crippen LogP contribution in [0.1, 0.15) is 25.3 Å². The van der Waals surface area contributed by atoms with Crippen LogP contribution in [0.5, 0.6) is 11.5 Å². The molecular weight excluding hydrogens is 500 g/mol. The van der Waals surface area contributed by atoms with E-state index in [1.807, 2.05) is 0 Å². The van der Waals surface area contributed by atoms with Gasteiger partial charge in [-0.15, -0.1) is 0 Å². The predicted octanol–water partition coefficient (Wildman–Crippen LogP) is 1.67. The van der Waals surface area contributed by atoms with Crippen LogP contribution < -0.4 is 24.5 Å². The molecule has 0 aromatic heterocycles. The van der Waals surface area contributed by atoms with Gasteiger partial charge in [-0.3, -0.25) is 13.9 Å². The highest BCUT2D eigenvalue weighted by molar-refractivity contribution is 7.92. The van der Waals surface area contributed by atoms with Crippen LogP contribution in [0.15, 0.2) is 53.6 Å². The lowest BCUT2D eigenvalue weighted by atomic mass is 10.2. The van der Waals surface area contributed by atoms with Crippen molar-refractivity contribution in [3.8, 4) is 11.5 Å². The second kappa shape index (κ2) is 13.1. The van der Waals surface area contributed by atoms with Gasteiger partial charge in [0.15, 0.2) is 6.61 Å². The van der Waals surface area contributed by atoms with Gasteiger partial charge in [-0.2, -0.15) is 5.10 Å². The number of carbonyl (C=O) groups excluding carboxylic acids is 2. The molecule has 2 amide bonds. The predicted molar refractivity (Wildman–Crippen MR) is 139 cm³/mol. The first-order valence-electron chi connectivity index (χ1n) is 11.7. The molecule has 2 atom stereocenters. The lowest BCUT2D eigenvalue weighted by Crippen LogP contribution is -2.46. The van der Waals surface area contributed by atoms with Crippen LogP contribution in [-0.4, -0.2) is 71.7 Å². The number of hydrogen-bond donors (Lipinski definition) is 2. The summed E-state index contributed by atoms with van der Waals surface area (Å²) < 4.78 is 41.8. The molecule has 0 aliphatic carbocycles. The molecule has 1 aliphatic rings. The third-order valence-electron chi connectivity index (χ3n) is 5.60. The van der Waals surface area contributed by atoms with Crippen molar-refractivity contribution in [1.82, 2.24) is 10.7 Å². The minimum absolute atomic E-state index is 0.0721. The summed E-state index contributed by atoms with van der Waals surface area (Å²) in [5.41, 5.74) is 3.36. The zero-order valence-electron chi connectivity index (χ0n) is 21.0. The molecule has 0 saturated carbocycles. The quantitative estimate of drug-likeness (QED) is 0.314. The number of anilines is 1. The Hall–Kier alpha value is -3.64. The van der Waals surface area contributed by atoms with E-state index in [1.165, 1.54) is 20.2 Å². The maximum atomic E-state index is 12.6. The number of hydrazone groups is 1. The molecule has 1 saturated heterocycles. The minimum Gasteiger partial charge on any atom is -0.497 e. The van der Waals surface area contributed by atoms with E-state index in [1.54, 1.807) is 48.5 Å². The van der Waals surface area contributed by atoms with Crippen molar-refractivity contribution in [2.75, 3.05) is 37.4 Å². The monoisotopic (exact) mass is 532 g/mol. The first-order valence-corrected chi connectivity index (χ1v) is 13.6. The van der Waals surface area contributed by atoms with Crippen molar-refractivity contribution >= 4 is 33.7 Å². The van der Waals surface area contributed by atoms with Crippen molar-refractivity contribution in [2.24, 2.45) is 5.10 Å². The van der Waals surface area contributed by atoms with Crippen molar-refractivity contribution in [2.45, 2.75) is 31.9 Å². The average Bonchev–Trinajstić information content (AvgIpc) is 3.40. The lowest BCUT2D eigenvalue weighted by Gasteiger charge is -2.27. The summed E-state index contributed by atoms with van der Waals surface area (Å²) in [5, 5.41) is 6.72. The smallest absolute Gasteiger partial charge is 0.263 e. The number of benzene rings is 2. The van der Waals surface area contributed by atoms with E-state index < -0.39 is 22.0 Å². The number of rotatable bonds is 12. The Bertz CT molecular complexity index is 1180. The summed E-state index contributed by atoms with van der Waals surface area (Å²) in [5.74, 6) is 0.237. The molecule has 2 aromatic carbocycles. The first-order chi connectivity index (χ1) is 17.7. The summed E-state index contributed by atoms with van der Waals surface area (Å²) in [6.07, 6.45) is 4.48. The lowest BCUT2D eigenvalue weighted by molar-refractivity contribution is -0.123. The van der Waals surface area contributed by atoms with Gasteiger partial charge in [0.2, 0.25) is 10.0 Å². The highest BCUT2D eigenvalue weighted by Crippen LogP contribution is 2.23. The van der Waals surface area contributed by atoms with E-state index in [2.05, 4.69) is 15.8 Å². The highest BCUT2D eigenvalue weighted by Gasteiger charge is 2.29. The zero-order chi connectivity index (χ0) is 26.8. The van der Waals surface area contributed by atoms with Gasteiger partial charge in [0.05, 0.1) is 31.4 Å². The molecule has 11 nitrogen and oxygen atoms in total. The fourth-order valence-electron chi connectivity index (χ4n) is 3.68. The molecule has 0 bridgehead atoms. The molecule has 12 heteroatoms. The third-order valence-corrected chi connectivity index (χ3v) is 6.85. The fraction of sp³-hybridized carbons (Fsp3) is 0.400. The third kappa shape index (κ3) is 8.46. The number of nitrogens with one attached hydrogen (secondary N) is 2. The second-order valence-corrected chi connectivity index (χ2v) is 10.3. The maximum Gasteiger partial charge on any atom is 0.263 e. The van der Waals surface area contributed by atoms with Gasteiger partial charge in [-0.05, 0) is 73.9 Å². The molecule has 0 spiro atoms. The summed E-state index contributed by atoms with van der Waals surface area (Å²) in [7, 11) is -2.25. The molecule has 3 rings (SSSR count). The summed E-state index contributed by atoms with van der Waals surface area (Å²) >= 11 is 0. The minimum atomic E-state index is -3.75. The van der Waals surface area contributed by atoms with Gasteiger partial charge in [0.25, 0.3) is 11.8 Å². The molecule has 1 fully saturated rings. The fourth-order valence-corrected chi connectivity index (χ4v) is 4.86. The zero-order valence-corrected chi connectivity index (χ0v) is 21.9. The van der Waals surface area contributed by atoms with Crippen LogP contribution in [0, 0.1) is 0 Å². The van der Waals surface area contributed by atoms with Crippen molar-refractivity contribution in [1.29, 1.82) is 0 Å². The maximum absolute atomic E-state index is 12.6. The summed E-state index contributed by atoms with van der Waals surface area (Å²) in [6, 6.07) is 12.1. The van der Waals surface area contributed by atoms with Crippen LogP contribution in [0.25, 0.3) is 0 Å². The number of methoxy groups -OCH3 is 1. The van der Waals surface area contributed by atoms with E-state index >= 15 is 0 Å². The number of carbonyl (C=O) groups is 2. The molecule has 200 valence electrons. The number of amides is 2. The highest BCUT2D eigenvalue weighted by atomic mass is 32.2. The molecule has 0 radical (unpaired) electrons. The average molecular weight is 533 g/mol. The Morgan fingerprint density at radius 2 is 1.84 bits per heavy atom. The van der Waals surface area contributed by atoms with E-state index in [0.29, 0.717) is 29.3 Å². The molecule has 0 unspecified atom stereocenters. The van der Waals surface area contributed by atoms with Crippen LogP contribution in [-0.2, 0) is 24.3 Å². The Morgan fingerprint density at radius 3 is 2.43 bits per heavy atom. The topological polar surface area (TPSA) is 136 Å². The van der Waals surface area contributed by atoms with Gasteiger partial charge in [-0.25, -0.2) is 13.8 Å². The molecule has 37 heavy (non-hydrogen) atoms. The normalized spacial score (nSPS) is 16.2. The molecule has 1 heterocycles. The molecular formula is C25H32N4O7S. The number of nitrogens with zero attached hydrogens (tertiary/aromatic N) is 2. The standard InChI is InChI=1S/C25H32N4O7S/c1-18(29(37(3,32)33)20-8-12-21(34-2)13-9-20)25(31)28-27-15-19-6-10-22(11-7-19)36-17-24(30)26-16-23-5-4-14-35-23/h6-13,15,18,23H,4-5,14,16-17H2,1-3H3,(H,26,30)(H,28,31)/b27-15-/t18-,23+/m1/s1. The largest absolute Gasteiger partial charge is 0.497 e. The van der Waals surface area contributed by atoms with Gasteiger partial charge >= 0.3 is 0 Å². The van der Waals surface area contributed by atoms with E-state index in [9.17, 15) is 18.0 Å². The molecule has 2 aromatic rings. The van der Waals surface area contributed by atoms with Gasteiger partial charge < -0.3 is 19.5 Å². The van der Waals surface area contributed by atoms with Gasteiger partial charge in [0.1, 0.15) is 17.5 Å². The van der Waals surface area contributed by atoms with Crippen LogP contribution in [0.3, 0.4) is 0 Å². The van der Waals surface area contributed by atoms with Gasteiger partial charge in [-0.1, -0.05) is 0 Å². The summed E-state index contributed by atoms with van der Waals surface area (Å²) in [6.45, 7) is 2.57. The SMILES string of the molecule is COc1ccc(N([C@H](C)C(=O)N/N=C\c2ccc(OCC(=O)NC[C@@H]3CCCO3)cc2)S(C)(=O)=O)cc1.